The minimum atomic E-state index is -0.264. The van der Waals surface area contributed by atoms with Gasteiger partial charge in [0, 0.05) is 26.6 Å². The van der Waals surface area contributed by atoms with Gasteiger partial charge in [0.05, 0.1) is 16.4 Å². The van der Waals surface area contributed by atoms with Gasteiger partial charge >= 0.3 is 0 Å². The van der Waals surface area contributed by atoms with Gasteiger partial charge in [0.25, 0.3) is 0 Å². The van der Waals surface area contributed by atoms with Crippen molar-refractivity contribution in [1.82, 2.24) is 19.9 Å². The second-order valence-corrected chi connectivity index (χ2v) is 9.29. The van der Waals surface area contributed by atoms with Gasteiger partial charge in [0.15, 0.2) is 0 Å². The zero-order chi connectivity index (χ0) is 21.6. The van der Waals surface area contributed by atoms with Crippen LogP contribution in [0.5, 0.6) is 0 Å². The van der Waals surface area contributed by atoms with E-state index in [4.69, 9.17) is 44.4 Å². The summed E-state index contributed by atoms with van der Waals surface area (Å²) in [5, 5.41) is 10.7. The van der Waals surface area contributed by atoms with Crippen molar-refractivity contribution >= 4 is 34.8 Å². The average molecular weight is 462 g/mol. The lowest BCUT2D eigenvalue weighted by molar-refractivity contribution is 0.321. The third-order valence-electron chi connectivity index (χ3n) is 4.66. The Hall–Kier alpha value is -2.34. The Kier molecular flexibility index (Phi) is 5.39. The molecule has 4 rings (SSSR count). The molecule has 0 atom stereocenters. The summed E-state index contributed by atoms with van der Waals surface area (Å²) < 4.78 is 7.26. The number of aromatic nitrogens is 4. The van der Waals surface area contributed by atoms with E-state index in [0.29, 0.717) is 38.2 Å². The minimum Gasteiger partial charge on any atom is -0.338 e. The minimum absolute atomic E-state index is 0.264. The molecule has 0 fully saturated rings. The molecular formula is C22H19Cl3N4O. The van der Waals surface area contributed by atoms with Crippen molar-refractivity contribution in [1.29, 1.82) is 0 Å². The Morgan fingerprint density at radius 1 is 0.933 bits per heavy atom. The largest absolute Gasteiger partial charge is 0.338 e. The molecule has 0 saturated heterocycles. The highest BCUT2D eigenvalue weighted by molar-refractivity contribution is 6.35. The van der Waals surface area contributed by atoms with E-state index in [1.165, 1.54) is 0 Å². The van der Waals surface area contributed by atoms with Crippen LogP contribution in [0.15, 0.2) is 47.0 Å². The van der Waals surface area contributed by atoms with Crippen LogP contribution in [0.25, 0.3) is 28.5 Å². The fraction of sp³-hybridized carbons (Fsp3) is 0.227. The third kappa shape index (κ3) is 3.85. The molecule has 8 heteroatoms. The van der Waals surface area contributed by atoms with Crippen LogP contribution in [0.3, 0.4) is 0 Å². The van der Waals surface area contributed by atoms with Crippen LogP contribution in [-0.4, -0.2) is 19.9 Å². The normalized spacial score (nSPS) is 11.8. The molecule has 0 bridgehead atoms. The first-order valence-corrected chi connectivity index (χ1v) is 10.4. The van der Waals surface area contributed by atoms with E-state index < -0.39 is 0 Å². The highest BCUT2D eigenvalue weighted by Gasteiger charge is 2.26. The van der Waals surface area contributed by atoms with Crippen molar-refractivity contribution < 1.29 is 4.52 Å². The fourth-order valence-corrected chi connectivity index (χ4v) is 3.72. The molecule has 30 heavy (non-hydrogen) atoms. The molecule has 2 aromatic carbocycles. The van der Waals surface area contributed by atoms with Gasteiger partial charge < -0.3 is 4.52 Å². The van der Waals surface area contributed by atoms with Gasteiger partial charge in [-0.15, -0.1) is 0 Å². The van der Waals surface area contributed by atoms with Gasteiger partial charge in [0.2, 0.25) is 11.7 Å². The molecule has 0 aliphatic carbocycles. The van der Waals surface area contributed by atoms with Gasteiger partial charge in [-0.05, 0) is 37.3 Å². The van der Waals surface area contributed by atoms with Crippen LogP contribution in [-0.2, 0) is 5.41 Å². The van der Waals surface area contributed by atoms with E-state index in [2.05, 4.69) is 10.1 Å². The lowest BCUT2D eigenvalue weighted by Crippen LogP contribution is -2.11. The molecule has 154 valence electrons. The van der Waals surface area contributed by atoms with E-state index in [1.807, 2.05) is 58.0 Å². The lowest BCUT2D eigenvalue weighted by atomic mass is 9.97. The first kappa shape index (κ1) is 20.9. The highest BCUT2D eigenvalue weighted by atomic mass is 35.5. The molecule has 0 unspecified atom stereocenters. The summed E-state index contributed by atoms with van der Waals surface area (Å²) in [6.07, 6.45) is 0. The van der Waals surface area contributed by atoms with Crippen molar-refractivity contribution in [2.45, 2.75) is 33.1 Å². The predicted octanol–water partition coefficient (Wildman–Crippen LogP) is 7.16. The molecular weight excluding hydrogens is 443 g/mol. The van der Waals surface area contributed by atoms with E-state index in [1.54, 1.807) is 16.8 Å². The molecule has 0 N–H and O–H groups in total. The standard InChI is InChI=1S/C22H19Cl3N4O/c1-12-18(20-26-21(30-28-20)22(2,3)4)27-29(17-10-9-15(24)11-16(17)25)19(12)13-5-7-14(23)8-6-13/h5-11H,1-4H3. The Morgan fingerprint density at radius 2 is 1.60 bits per heavy atom. The number of nitrogens with zero attached hydrogens (tertiary/aromatic N) is 4. The van der Waals surface area contributed by atoms with E-state index in [-0.39, 0.29) is 5.41 Å². The van der Waals surface area contributed by atoms with Crippen molar-refractivity contribution in [3.63, 3.8) is 0 Å². The van der Waals surface area contributed by atoms with Crippen LogP contribution >= 0.6 is 34.8 Å². The van der Waals surface area contributed by atoms with Crippen LogP contribution in [0.2, 0.25) is 15.1 Å². The number of halogens is 3. The first-order chi connectivity index (χ1) is 14.1. The van der Waals surface area contributed by atoms with Crippen molar-refractivity contribution in [3.8, 4) is 28.5 Å². The summed E-state index contributed by atoms with van der Waals surface area (Å²) in [4.78, 5) is 4.58. The monoisotopic (exact) mass is 460 g/mol. The topological polar surface area (TPSA) is 56.7 Å². The number of rotatable bonds is 3. The van der Waals surface area contributed by atoms with Crippen molar-refractivity contribution in [3.05, 3.63) is 69.0 Å². The molecule has 4 aromatic rings. The summed E-state index contributed by atoms with van der Waals surface area (Å²) in [7, 11) is 0. The summed E-state index contributed by atoms with van der Waals surface area (Å²) in [5.41, 5.74) is 3.73. The molecule has 0 saturated carbocycles. The summed E-state index contributed by atoms with van der Waals surface area (Å²) >= 11 is 18.7. The summed E-state index contributed by atoms with van der Waals surface area (Å²) in [5.74, 6) is 0.973. The smallest absolute Gasteiger partial charge is 0.232 e. The average Bonchev–Trinajstić information content (AvgIpc) is 3.28. The second kappa shape index (κ2) is 7.73. The van der Waals surface area contributed by atoms with E-state index in [9.17, 15) is 0 Å². The maximum absolute atomic E-state index is 6.50. The van der Waals surface area contributed by atoms with Gasteiger partial charge in [-0.25, -0.2) is 4.68 Å². The Bertz CT molecular complexity index is 1220. The van der Waals surface area contributed by atoms with Gasteiger partial charge in [-0.2, -0.15) is 10.1 Å². The highest BCUT2D eigenvalue weighted by Crippen LogP contribution is 2.36. The van der Waals surface area contributed by atoms with Crippen LogP contribution in [0.4, 0.5) is 0 Å². The maximum atomic E-state index is 6.50. The van der Waals surface area contributed by atoms with Crippen LogP contribution < -0.4 is 0 Å². The van der Waals surface area contributed by atoms with Crippen LogP contribution in [0.1, 0.15) is 32.2 Å². The zero-order valence-corrected chi connectivity index (χ0v) is 19.1. The summed E-state index contributed by atoms with van der Waals surface area (Å²) in [6.45, 7) is 8.02. The third-order valence-corrected chi connectivity index (χ3v) is 5.45. The fourth-order valence-electron chi connectivity index (χ4n) is 3.11. The predicted molar refractivity (Wildman–Crippen MR) is 121 cm³/mol. The van der Waals surface area contributed by atoms with Gasteiger partial charge in [-0.3, -0.25) is 0 Å². The quantitative estimate of drug-likeness (QED) is 0.325. The molecule has 0 aliphatic rings. The Labute approximate surface area is 189 Å². The zero-order valence-electron chi connectivity index (χ0n) is 16.9. The number of hydrogen-bond donors (Lipinski definition) is 0. The lowest BCUT2D eigenvalue weighted by Gasteiger charge is -2.11. The first-order valence-electron chi connectivity index (χ1n) is 9.30. The Morgan fingerprint density at radius 3 is 2.20 bits per heavy atom. The second-order valence-electron chi connectivity index (χ2n) is 8.01. The van der Waals surface area contributed by atoms with E-state index in [0.717, 1.165) is 16.8 Å². The van der Waals surface area contributed by atoms with E-state index >= 15 is 0 Å². The maximum Gasteiger partial charge on any atom is 0.232 e. The SMILES string of the molecule is Cc1c(-c2noc(C(C)(C)C)n2)nn(-c2ccc(Cl)cc2Cl)c1-c1ccc(Cl)cc1. The van der Waals surface area contributed by atoms with Gasteiger partial charge in [-0.1, -0.05) is 72.9 Å². The van der Waals surface area contributed by atoms with Gasteiger partial charge in [0.1, 0.15) is 5.69 Å². The molecule has 2 aromatic heterocycles. The van der Waals surface area contributed by atoms with Crippen molar-refractivity contribution in [2.24, 2.45) is 0 Å². The summed E-state index contributed by atoms with van der Waals surface area (Å²) in [6, 6.07) is 12.8. The molecule has 0 amide bonds. The molecule has 2 heterocycles. The van der Waals surface area contributed by atoms with Crippen LogP contribution in [0, 0.1) is 6.92 Å². The van der Waals surface area contributed by atoms with Crippen molar-refractivity contribution in [2.75, 3.05) is 0 Å². The molecule has 0 spiro atoms. The number of benzene rings is 2. The molecule has 0 aliphatic heterocycles. The Balaban J connectivity index is 1.95. The molecule has 5 nitrogen and oxygen atoms in total. The number of hydrogen-bond acceptors (Lipinski definition) is 4. The molecule has 0 radical (unpaired) electrons.